The van der Waals surface area contributed by atoms with Crippen LogP contribution in [0.2, 0.25) is 0 Å². The standard InChI is InChI=1S/C16H12N2O5/c1-2-7-23-9-3-4-10-11(8-9)16(22)18(15(10)21)12-5-6-13(19)17-14(12)20/h1,3-4,8,12H,5-7H2,(H,17,19,20)/t12-/m0/s1. The Morgan fingerprint density at radius 2 is 1.96 bits per heavy atom. The Morgan fingerprint density at radius 1 is 1.22 bits per heavy atom. The Labute approximate surface area is 131 Å². The fourth-order valence-electron chi connectivity index (χ4n) is 2.66. The van der Waals surface area contributed by atoms with Crippen molar-refractivity contribution in [2.75, 3.05) is 6.61 Å². The van der Waals surface area contributed by atoms with Gasteiger partial charge in [0, 0.05) is 6.42 Å². The van der Waals surface area contributed by atoms with E-state index < -0.39 is 29.7 Å². The normalized spacial score (nSPS) is 20.1. The van der Waals surface area contributed by atoms with Crippen LogP contribution in [-0.2, 0) is 9.59 Å². The van der Waals surface area contributed by atoms with E-state index in [4.69, 9.17) is 11.2 Å². The Morgan fingerprint density at radius 3 is 2.65 bits per heavy atom. The van der Waals surface area contributed by atoms with E-state index in [0.29, 0.717) is 5.75 Å². The summed E-state index contributed by atoms with van der Waals surface area (Å²) < 4.78 is 5.24. The number of nitrogens with zero attached hydrogens (tertiary/aromatic N) is 1. The van der Waals surface area contributed by atoms with Crippen molar-refractivity contribution in [1.29, 1.82) is 0 Å². The van der Waals surface area contributed by atoms with Gasteiger partial charge < -0.3 is 4.74 Å². The summed E-state index contributed by atoms with van der Waals surface area (Å²) in [4.78, 5) is 49.0. The molecule has 0 aromatic heterocycles. The Hall–Kier alpha value is -3.14. The molecule has 0 spiro atoms. The second-order valence-corrected chi connectivity index (χ2v) is 5.15. The molecular weight excluding hydrogens is 300 g/mol. The number of imide groups is 2. The lowest BCUT2D eigenvalue weighted by molar-refractivity contribution is -0.136. The van der Waals surface area contributed by atoms with Crippen LogP contribution in [0.3, 0.4) is 0 Å². The number of piperidine rings is 1. The topological polar surface area (TPSA) is 92.8 Å². The molecule has 0 bridgehead atoms. The molecule has 0 radical (unpaired) electrons. The first kappa shape index (κ1) is 14.8. The van der Waals surface area contributed by atoms with Crippen molar-refractivity contribution in [3.8, 4) is 18.1 Å². The van der Waals surface area contributed by atoms with Crippen molar-refractivity contribution in [2.45, 2.75) is 18.9 Å². The van der Waals surface area contributed by atoms with Crippen LogP contribution < -0.4 is 10.1 Å². The van der Waals surface area contributed by atoms with Crippen LogP contribution in [0.4, 0.5) is 0 Å². The molecule has 2 heterocycles. The first-order valence-electron chi connectivity index (χ1n) is 6.95. The zero-order valence-electron chi connectivity index (χ0n) is 12.0. The predicted octanol–water partition coefficient (Wildman–Crippen LogP) is 0.0998. The Kier molecular flexibility index (Phi) is 3.58. The van der Waals surface area contributed by atoms with Crippen LogP contribution in [0.5, 0.6) is 5.75 Å². The molecular formula is C16H12N2O5. The molecule has 7 nitrogen and oxygen atoms in total. The molecule has 3 rings (SSSR count). The quantitative estimate of drug-likeness (QED) is 0.631. The molecule has 1 N–H and O–H groups in total. The second kappa shape index (κ2) is 5.57. The Bertz CT molecular complexity index is 777. The van der Waals surface area contributed by atoms with Crippen molar-refractivity contribution in [1.82, 2.24) is 10.2 Å². The van der Waals surface area contributed by atoms with Gasteiger partial charge in [-0.05, 0) is 24.6 Å². The maximum absolute atomic E-state index is 12.5. The summed E-state index contributed by atoms with van der Waals surface area (Å²) in [6.45, 7) is 0.0395. The molecule has 4 amide bonds. The summed E-state index contributed by atoms with van der Waals surface area (Å²) in [5.74, 6) is 0.494. The molecule has 2 aliphatic rings. The van der Waals surface area contributed by atoms with E-state index >= 15 is 0 Å². The van der Waals surface area contributed by atoms with Crippen LogP contribution in [0, 0.1) is 12.3 Å². The van der Waals surface area contributed by atoms with E-state index in [2.05, 4.69) is 11.2 Å². The van der Waals surface area contributed by atoms with E-state index in [0.717, 1.165) is 4.90 Å². The number of carbonyl (C=O) groups is 4. The molecule has 116 valence electrons. The summed E-state index contributed by atoms with van der Waals surface area (Å²) in [6, 6.07) is 3.46. The lowest BCUT2D eigenvalue weighted by atomic mass is 10.0. The van der Waals surface area contributed by atoms with Crippen molar-refractivity contribution in [2.24, 2.45) is 0 Å². The van der Waals surface area contributed by atoms with E-state index in [1.54, 1.807) is 0 Å². The predicted molar refractivity (Wildman–Crippen MR) is 77.4 cm³/mol. The SMILES string of the molecule is C#CCOc1ccc2c(c1)C(=O)N([C@H]1CCC(=O)NC1=O)C2=O. The number of fused-ring (bicyclic) bond motifs is 1. The molecule has 1 saturated heterocycles. The highest BCUT2D eigenvalue weighted by molar-refractivity contribution is 6.23. The van der Waals surface area contributed by atoms with Crippen molar-refractivity contribution in [3.05, 3.63) is 29.3 Å². The van der Waals surface area contributed by atoms with E-state index in [-0.39, 0.29) is 30.6 Å². The minimum Gasteiger partial charge on any atom is -0.481 e. The van der Waals surface area contributed by atoms with Crippen molar-refractivity contribution >= 4 is 23.6 Å². The van der Waals surface area contributed by atoms with Crippen molar-refractivity contribution in [3.63, 3.8) is 0 Å². The highest BCUT2D eigenvalue weighted by Crippen LogP contribution is 2.30. The maximum Gasteiger partial charge on any atom is 0.262 e. The number of benzene rings is 1. The minimum absolute atomic E-state index is 0.0395. The van der Waals surface area contributed by atoms with Gasteiger partial charge in [0.05, 0.1) is 11.1 Å². The van der Waals surface area contributed by atoms with Gasteiger partial charge in [-0.15, -0.1) is 6.42 Å². The minimum atomic E-state index is -0.977. The van der Waals surface area contributed by atoms with Gasteiger partial charge in [0.1, 0.15) is 18.4 Å². The number of carbonyl (C=O) groups excluding carboxylic acids is 4. The van der Waals surface area contributed by atoms with Gasteiger partial charge in [-0.3, -0.25) is 29.4 Å². The third-order valence-corrected chi connectivity index (χ3v) is 3.73. The lowest BCUT2D eigenvalue weighted by Crippen LogP contribution is -2.54. The molecule has 1 aromatic rings. The third-order valence-electron chi connectivity index (χ3n) is 3.73. The number of rotatable bonds is 3. The number of hydrogen-bond acceptors (Lipinski definition) is 5. The molecule has 0 saturated carbocycles. The van der Waals surface area contributed by atoms with Gasteiger partial charge in [-0.2, -0.15) is 0 Å². The molecule has 0 unspecified atom stereocenters. The molecule has 2 aliphatic heterocycles. The fraction of sp³-hybridized carbons (Fsp3) is 0.250. The molecule has 1 fully saturated rings. The van der Waals surface area contributed by atoms with Crippen LogP contribution in [0.25, 0.3) is 0 Å². The second-order valence-electron chi connectivity index (χ2n) is 5.15. The number of amides is 4. The average molecular weight is 312 g/mol. The maximum atomic E-state index is 12.5. The lowest BCUT2D eigenvalue weighted by Gasteiger charge is -2.27. The van der Waals surface area contributed by atoms with Gasteiger partial charge in [0.25, 0.3) is 11.8 Å². The summed E-state index contributed by atoms with van der Waals surface area (Å²) >= 11 is 0. The smallest absolute Gasteiger partial charge is 0.262 e. The van der Waals surface area contributed by atoms with Crippen LogP contribution in [0.15, 0.2) is 18.2 Å². The summed E-state index contributed by atoms with van der Waals surface area (Å²) in [5, 5.41) is 2.14. The summed E-state index contributed by atoms with van der Waals surface area (Å²) in [7, 11) is 0. The highest BCUT2D eigenvalue weighted by Gasteiger charge is 2.44. The van der Waals surface area contributed by atoms with Gasteiger partial charge in [0.15, 0.2) is 0 Å². The van der Waals surface area contributed by atoms with E-state index in [1.165, 1.54) is 18.2 Å². The molecule has 23 heavy (non-hydrogen) atoms. The largest absolute Gasteiger partial charge is 0.481 e. The van der Waals surface area contributed by atoms with E-state index in [9.17, 15) is 19.2 Å². The molecule has 7 heteroatoms. The van der Waals surface area contributed by atoms with Crippen molar-refractivity contribution < 1.29 is 23.9 Å². The number of terminal acetylenes is 1. The van der Waals surface area contributed by atoms with E-state index in [1.807, 2.05) is 0 Å². The molecule has 0 aliphatic carbocycles. The summed E-state index contributed by atoms with van der Waals surface area (Å²) in [6.07, 6.45) is 5.31. The Balaban J connectivity index is 1.90. The van der Waals surface area contributed by atoms with Crippen LogP contribution in [-0.4, -0.2) is 41.2 Å². The number of hydrogen-bond donors (Lipinski definition) is 1. The zero-order valence-corrected chi connectivity index (χ0v) is 12.0. The third kappa shape index (κ3) is 2.44. The highest BCUT2D eigenvalue weighted by atomic mass is 16.5. The van der Waals surface area contributed by atoms with Gasteiger partial charge in [0.2, 0.25) is 11.8 Å². The number of nitrogens with one attached hydrogen (secondary N) is 1. The van der Waals surface area contributed by atoms with Crippen LogP contribution >= 0.6 is 0 Å². The zero-order chi connectivity index (χ0) is 16.6. The summed E-state index contributed by atoms with van der Waals surface area (Å²) in [5.41, 5.74) is 0.363. The fourth-order valence-corrected chi connectivity index (χ4v) is 2.66. The van der Waals surface area contributed by atoms with Gasteiger partial charge >= 0.3 is 0 Å². The van der Waals surface area contributed by atoms with Gasteiger partial charge in [-0.25, -0.2) is 0 Å². The first-order chi connectivity index (χ1) is 11.0. The van der Waals surface area contributed by atoms with Crippen LogP contribution in [0.1, 0.15) is 33.6 Å². The molecule has 1 atom stereocenters. The number of ether oxygens (including phenoxy) is 1. The molecule has 1 aromatic carbocycles. The van der Waals surface area contributed by atoms with Gasteiger partial charge in [-0.1, -0.05) is 5.92 Å². The monoisotopic (exact) mass is 312 g/mol. The average Bonchev–Trinajstić information content (AvgIpc) is 2.77. The first-order valence-corrected chi connectivity index (χ1v) is 6.95.